The summed E-state index contributed by atoms with van der Waals surface area (Å²) < 4.78 is 45.4. The molecule has 0 aliphatic heterocycles. The van der Waals surface area contributed by atoms with Gasteiger partial charge in [0.05, 0.1) is 10.6 Å². The van der Waals surface area contributed by atoms with Gasteiger partial charge in [-0.3, -0.25) is 4.79 Å². The van der Waals surface area contributed by atoms with Crippen LogP contribution >= 0.6 is 11.6 Å². The maximum Gasteiger partial charge on any atom is 0.252 e. The summed E-state index contributed by atoms with van der Waals surface area (Å²) in [5.74, 6) is -0.202. The molecule has 0 heterocycles. The highest BCUT2D eigenvalue weighted by Crippen LogP contribution is 2.20. The maximum atomic E-state index is 11.7. The van der Waals surface area contributed by atoms with E-state index in [9.17, 15) is 21.6 Å². The van der Waals surface area contributed by atoms with Crippen LogP contribution in [0.2, 0.25) is 0 Å². The molecule has 0 unspecified atom stereocenters. The van der Waals surface area contributed by atoms with E-state index in [4.69, 9.17) is 11.6 Å². The van der Waals surface area contributed by atoms with Crippen molar-refractivity contribution in [1.29, 1.82) is 0 Å². The van der Waals surface area contributed by atoms with E-state index < -0.39 is 24.9 Å². The topological polar surface area (TPSA) is 85.3 Å². The highest BCUT2D eigenvalue weighted by Gasteiger charge is 2.14. The number of carbonyl (C=O) groups is 1. The normalized spacial score (nSPS) is 12.8. The molecule has 5 nitrogen and oxygen atoms in total. The van der Waals surface area contributed by atoms with Crippen LogP contribution < -0.4 is 0 Å². The molecule has 0 aromatic heterocycles. The van der Waals surface area contributed by atoms with Gasteiger partial charge in [-0.2, -0.15) is 0 Å². The first-order valence-electron chi connectivity index (χ1n) is 5.39. The maximum absolute atomic E-state index is 11.7. The van der Waals surface area contributed by atoms with Gasteiger partial charge < -0.3 is 0 Å². The molecule has 0 amide bonds. The predicted molar refractivity (Wildman–Crippen MR) is 78.5 cm³/mol. The zero-order valence-corrected chi connectivity index (χ0v) is 13.2. The molecule has 0 spiro atoms. The summed E-state index contributed by atoms with van der Waals surface area (Å²) in [5.41, 5.74) is 0.366. The lowest BCUT2D eigenvalue weighted by Crippen LogP contribution is -2.03. The van der Waals surface area contributed by atoms with E-state index in [2.05, 4.69) is 0 Å². The number of hydrogen-bond donors (Lipinski definition) is 0. The van der Waals surface area contributed by atoms with Crippen LogP contribution in [0.4, 0.5) is 0 Å². The summed E-state index contributed by atoms with van der Waals surface area (Å²) in [7, 11) is -6.74. The molecule has 0 saturated heterocycles. The molecule has 8 heteroatoms. The Morgan fingerprint density at radius 3 is 2.25 bits per heavy atom. The summed E-state index contributed by atoms with van der Waals surface area (Å²) in [5, 5.41) is -0.762. The standard InChI is InChI=1S/C12H13ClO5S2/c1-19(15,16)7-3-4-9-5-6-10(12(13)14)8-11(9)20(2,17)18/h3-6,8H,7H2,1-2H3/b4-3+. The van der Waals surface area contributed by atoms with Gasteiger partial charge in [0.25, 0.3) is 5.24 Å². The Bertz CT molecular complexity index is 761. The fourth-order valence-electron chi connectivity index (χ4n) is 1.47. The molecule has 1 aromatic carbocycles. The molecule has 0 saturated carbocycles. The lowest BCUT2D eigenvalue weighted by Gasteiger charge is -2.05. The third kappa shape index (κ3) is 5.07. The van der Waals surface area contributed by atoms with Crippen LogP contribution in [0.3, 0.4) is 0 Å². The van der Waals surface area contributed by atoms with Gasteiger partial charge in [-0.05, 0) is 29.3 Å². The Labute approximate surface area is 123 Å². The van der Waals surface area contributed by atoms with Crippen molar-refractivity contribution in [3.05, 3.63) is 35.4 Å². The molecule has 0 N–H and O–H groups in total. The number of sulfone groups is 2. The highest BCUT2D eigenvalue weighted by molar-refractivity contribution is 7.91. The number of halogens is 1. The second-order valence-corrected chi connectivity index (χ2v) is 8.81. The van der Waals surface area contributed by atoms with Crippen LogP contribution in [0.15, 0.2) is 29.2 Å². The van der Waals surface area contributed by atoms with Gasteiger partial charge in [0.15, 0.2) is 19.7 Å². The molecule has 110 valence electrons. The van der Waals surface area contributed by atoms with E-state index in [1.807, 2.05) is 0 Å². The lowest BCUT2D eigenvalue weighted by molar-refractivity contribution is 0.108. The van der Waals surface area contributed by atoms with Crippen molar-refractivity contribution >= 4 is 42.6 Å². The van der Waals surface area contributed by atoms with Gasteiger partial charge in [-0.1, -0.05) is 18.2 Å². The van der Waals surface area contributed by atoms with Crippen molar-refractivity contribution < 1.29 is 21.6 Å². The third-order valence-electron chi connectivity index (χ3n) is 2.34. The Balaban J connectivity index is 3.30. The summed E-state index contributed by atoms with van der Waals surface area (Å²) in [6.07, 6.45) is 4.81. The van der Waals surface area contributed by atoms with Crippen LogP contribution in [0.25, 0.3) is 6.08 Å². The summed E-state index contributed by atoms with van der Waals surface area (Å²) in [4.78, 5) is 11.0. The van der Waals surface area contributed by atoms with Crippen molar-refractivity contribution in [2.75, 3.05) is 18.3 Å². The quantitative estimate of drug-likeness (QED) is 0.761. The SMILES string of the molecule is CS(=O)(=O)C/C=C/c1ccc(C(=O)Cl)cc1S(C)(=O)=O. The third-order valence-corrected chi connectivity index (χ3v) is 4.51. The number of carbonyl (C=O) groups excluding carboxylic acids is 1. The van der Waals surface area contributed by atoms with Crippen molar-refractivity contribution in [2.45, 2.75) is 4.90 Å². The number of benzene rings is 1. The first kappa shape index (κ1) is 16.9. The molecule has 0 radical (unpaired) electrons. The smallest absolute Gasteiger partial charge is 0.252 e. The molecule has 0 fully saturated rings. The van der Waals surface area contributed by atoms with Gasteiger partial charge in [0.1, 0.15) is 0 Å². The van der Waals surface area contributed by atoms with E-state index >= 15 is 0 Å². The lowest BCUT2D eigenvalue weighted by atomic mass is 10.1. The Morgan fingerprint density at radius 2 is 1.80 bits per heavy atom. The Hall–Kier alpha value is -1.18. The van der Waals surface area contributed by atoms with Crippen molar-refractivity contribution in [3.63, 3.8) is 0 Å². The minimum Gasteiger partial charge on any atom is -0.276 e. The second-order valence-electron chi connectivity index (χ2n) is 4.29. The van der Waals surface area contributed by atoms with E-state index in [0.29, 0.717) is 5.56 Å². The van der Waals surface area contributed by atoms with Crippen LogP contribution in [-0.2, 0) is 19.7 Å². The Morgan fingerprint density at radius 1 is 1.20 bits per heavy atom. The molecule has 0 aliphatic rings. The van der Waals surface area contributed by atoms with Crippen LogP contribution in [-0.4, -0.2) is 40.3 Å². The monoisotopic (exact) mass is 336 g/mol. The molecule has 1 rings (SSSR count). The second kappa shape index (κ2) is 6.07. The van der Waals surface area contributed by atoms with Crippen LogP contribution in [0.5, 0.6) is 0 Å². The fraction of sp³-hybridized carbons (Fsp3) is 0.250. The predicted octanol–water partition coefficient (Wildman–Crippen LogP) is 1.53. The summed E-state index contributed by atoms with van der Waals surface area (Å²) >= 11 is 5.31. The van der Waals surface area contributed by atoms with Crippen LogP contribution in [0.1, 0.15) is 15.9 Å². The van der Waals surface area contributed by atoms with Gasteiger partial charge in [-0.25, -0.2) is 16.8 Å². The zero-order chi connectivity index (χ0) is 15.6. The zero-order valence-electron chi connectivity index (χ0n) is 10.8. The number of hydrogen-bond acceptors (Lipinski definition) is 5. The molecular weight excluding hydrogens is 324 g/mol. The first-order chi connectivity index (χ1) is 9.00. The molecule has 0 aliphatic carbocycles. The minimum atomic E-state index is -3.57. The first-order valence-corrected chi connectivity index (χ1v) is 9.72. The van der Waals surface area contributed by atoms with E-state index in [-0.39, 0.29) is 16.2 Å². The van der Waals surface area contributed by atoms with Gasteiger partial charge in [0, 0.05) is 18.1 Å². The minimum absolute atomic E-state index is 0.0624. The average molecular weight is 337 g/mol. The van der Waals surface area contributed by atoms with Crippen LogP contribution in [0, 0.1) is 0 Å². The fourth-order valence-corrected chi connectivity index (χ4v) is 2.93. The van der Waals surface area contributed by atoms with Crippen molar-refractivity contribution in [1.82, 2.24) is 0 Å². The molecule has 0 atom stereocenters. The van der Waals surface area contributed by atoms with Gasteiger partial charge >= 0.3 is 0 Å². The largest absolute Gasteiger partial charge is 0.276 e. The van der Waals surface area contributed by atoms with E-state index in [0.717, 1.165) is 12.5 Å². The van der Waals surface area contributed by atoms with E-state index in [1.54, 1.807) is 0 Å². The summed E-state index contributed by atoms with van der Waals surface area (Å²) in [6, 6.07) is 3.96. The van der Waals surface area contributed by atoms with E-state index in [1.165, 1.54) is 30.4 Å². The average Bonchev–Trinajstić information content (AvgIpc) is 2.25. The molecule has 0 bridgehead atoms. The molecular formula is C12H13ClO5S2. The van der Waals surface area contributed by atoms with Crippen molar-refractivity contribution in [2.24, 2.45) is 0 Å². The number of rotatable bonds is 5. The Kier molecular flexibility index (Phi) is 5.12. The van der Waals surface area contributed by atoms with Gasteiger partial charge in [-0.15, -0.1) is 0 Å². The highest BCUT2D eigenvalue weighted by atomic mass is 35.5. The summed E-state index contributed by atoms with van der Waals surface area (Å²) in [6.45, 7) is 0. The van der Waals surface area contributed by atoms with Crippen molar-refractivity contribution in [3.8, 4) is 0 Å². The molecule has 1 aromatic rings. The van der Waals surface area contributed by atoms with Gasteiger partial charge in [0.2, 0.25) is 0 Å². The molecule has 20 heavy (non-hydrogen) atoms.